The fourth-order valence-corrected chi connectivity index (χ4v) is 3.04. The number of carbonyl (C=O) groups excluding carboxylic acids is 2. The maximum absolute atomic E-state index is 12.2. The van der Waals surface area contributed by atoms with E-state index in [0.717, 1.165) is 38.4 Å². The summed E-state index contributed by atoms with van der Waals surface area (Å²) in [6.07, 6.45) is 0.573. The van der Waals surface area contributed by atoms with Gasteiger partial charge in [-0.3, -0.25) is 14.5 Å². The Kier molecular flexibility index (Phi) is 5.25. The molecule has 0 saturated carbocycles. The summed E-state index contributed by atoms with van der Waals surface area (Å²) in [5.41, 5.74) is 0.940. The molecule has 3 rings (SSSR count). The van der Waals surface area contributed by atoms with E-state index < -0.39 is 0 Å². The number of para-hydroxylation sites is 1. The van der Waals surface area contributed by atoms with Crippen LogP contribution in [0.3, 0.4) is 0 Å². The number of morpholine rings is 1. The van der Waals surface area contributed by atoms with Gasteiger partial charge in [0.05, 0.1) is 19.6 Å². The Balaban J connectivity index is 1.49. The number of amides is 1. The highest BCUT2D eigenvalue weighted by molar-refractivity contribution is 5.81. The number of esters is 1. The van der Waals surface area contributed by atoms with Gasteiger partial charge in [0, 0.05) is 38.5 Å². The molecule has 0 bridgehead atoms. The number of benzene rings is 1. The summed E-state index contributed by atoms with van der Waals surface area (Å²) in [6, 6.07) is 7.43. The third-order valence-corrected chi connectivity index (χ3v) is 4.28. The van der Waals surface area contributed by atoms with Gasteiger partial charge >= 0.3 is 5.97 Å². The molecule has 2 aliphatic heterocycles. The first-order valence-corrected chi connectivity index (χ1v) is 8.09. The topological polar surface area (TPSA) is 67.9 Å². The summed E-state index contributed by atoms with van der Waals surface area (Å²) in [5.74, 6) is 0.188. The highest BCUT2D eigenvalue weighted by atomic mass is 16.5. The minimum atomic E-state index is -0.269. The summed E-state index contributed by atoms with van der Waals surface area (Å²) in [6.45, 7) is 4.80. The Morgan fingerprint density at radius 3 is 2.87 bits per heavy atom. The van der Waals surface area contributed by atoms with Crippen molar-refractivity contribution >= 4 is 11.9 Å². The lowest BCUT2D eigenvalue weighted by Gasteiger charge is -2.27. The van der Waals surface area contributed by atoms with Crippen LogP contribution in [-0.4, -0.2) is 56.2 Å². The standard InChI is InChI=1S/C17H22N2O4/c20-16(18-5-6-19-7-9-22-10-8-19)11-13-12-17(21)23-15-4-2-1-3-14(13)15/h1-4,13H,5-12H2,(H,18,20)/t13-/m0/s1. The van der Waals surface area contributed by atoms with Crippen LogP contribution in [0.15, 0.2) is 24.3 Å². The lowest BCUT2D eigenvalue weighted by molar-refractivity contribution is -0.136. The maximum Gasteiger partial charge on any atom is 0.311 e. The first kappa shape index (κ1) is 16.0. The number of nitrogens with zero attached hydrogens (tertiary/aromatic N) is 1. The molecule has 0 radical (unpaired) electrons. The minimum Gasteiger partial charge on any atom is -0.426 e. The van der Waals surface area contributed by atoms with Gasteiger partial charge in [-0.15, -0.1) is 0 Å². The SMILES string of the molecule is O=C(C[C@H]1CC(=O)Oc2ccccc21)NCCN1CCOCC1. The first-order chi connectivity index (χ1) is 11.2. The zero-order chi connectivity index (χ0) is 16.1. The largest absolute Gasteiger partial charge is 0.426 e. The molecule has 1 atom stereocenters. The third kappa shape index (κ3) is 4.30. The second-order valence-corrected chi connectivity index (χ2v) is 5.92. The third-order valence-electron chi connectivity index (χ3n) is 4.28. The lowest BCUT2D eigenvalue weighted by Crippen LogP contribution is -2.41. The Hall–Kier alpha value is -1.92. The van der Waals surface area contributed by atoms with Crippen molar-refractivity contribution < 1.29 is 19.1 Å². The highest BCUT2D eigenvalue weighted by Crippen LogP contribution is 2.35. The number of nitrogens with one attached hydrogen (secondary N) is 1. The van der Waals surface area contributed by atoms with Gasteiger partial charge in [-0.25, -0.2) is 0 Å². The Bertz CT molecular complexity index is 569. The summed E-state index contributed by atoms with van der Waals surface area (Å²) in [7, 11) is 0. The zero-order valence-corrected chi connectivity index (χ0v) is 13.1. The predicted molar refractivity (Wildman–Crippen MR) is 84.3 cm³/mol. The second-order valence-electron chi connectivity index (χ2n) is 5.92. The van der Waals surface area contributed by atoms with E-state index in [-0.39, 0.29) is 24.2 Å². The van der Waals surface area contributed by atoms with Crippen molar-refractivity contribution in [2.75, 3.05) is 39.4 Å². The molecule has 0 spiro atoms. The highest BCUT2D eigenvalue weighted by Gasteiger charge is 2.28. The molecule has 23 heavy (non-hydrogen) atoms. The van der Waals surface area contributed by atoms with Gasteiger partial charge in [0.15, 0.2) is 0 Å². The van der Waals surface area contributed by atoms with Gasteiger partial charge in [0.25, 0.3) is 0 Å². The number of carbonyl (C=O) groups is 2. The lowest BCUT2D eigenvalue weighted by atomic mass is 9.90. The molecule has 1 saturated heterocycles. The minimum absolute atomic E-state index is 0.0206. The quantitative estimate of drug-likeness (QED) is 0.646. The van der Waals surface area contributed by atoms with Gasteiger partial charge in [-0.2, -0.15) is 0 Å². The second kappa shape index (κ2) is 7.57. The molecule has 6 heteroatoms. The van der Waals surface area contributed by atoms with Crippen LogP contribution in [0.4, 0.5) is 0 Å². The Labute approximate surface area is 135 Å². The van der Waals surface area contributed by atoms with E-state index in [1.807, 2.05) is 18.2 Å². The van der Waals surface area contributed by atoms with Gasteiger partial charge in [0.2, 0.25) is 5.91 Å². The van der Waals surface area contributed by atoms with Crippen molar-refractivity contribution in [1.82, 2.24) is 10.2 Å². The van der Waals surface area contributed by atoms with Gasteiger partial charge in [-0.1, -0.05) is 18.2 Å². The van der Waals surface area contributed by atoms with E-state index in [1.165, 1.54) is 0 Å². The van der Waals surface area contributed by atoms with Crippen molar-refractivity contribution in [2.24, 2.45) is 0 Å². The first-order valence-electron chi connectivity index (χ1n) is 8.09. The zero-order valence-electron chi connectivity index (χ0n) is 13.1. The van der Waals surface area contributed by atoms with Crippen molar-refractivity contribution in [3.05, 3.63) is 29.8 Å². The summed E-state index contributed by atoms with van der Waals surface area (Å²) in [4.78, 5) is 26.1. The molecule has 1 N–H and O–H groups in total. The molecule has 0 aromatic heterocycles. The molecule has 2 aliphatic rings. The van der Waals surface area contributed by atoms with Crippen LogP contribution in [0.5, 0.6) is 5.75 Å². The molecule has 1 aromatic carbocycles. The summed E-state index contributed by atoms with van der Waals surface area (Å²) >= 11 is 0. The number of fused-ring (bicyclic) bond motifs is 1. The maximum atomic E-state index is 12.2. The fraction of sp³-hybridized carbons (Fsp3) is 0.529. The fourth-order valence-electron chi connectivity index (χ4n) is 3.04. The summed E-state index contributed by atoms with van der Waals surface area (Å²) in [5, 5.41) is 2.95. The molecule has 1 fully saturated rings. The van der Waals surface area contributed by atoms with Crippen LogP contribution < -0.4 is 10.1 Å². The molecule has 2 heterocycles. The van der Waals surface area contributed by atoms with Crippen molar-refractivity contribution in [3.63, 3.8) is 0 Å². The van der Waals surface area contributed by atoms with Crippen molar-refractivity contribution in [2.45, 2.75) is 18.8 Å². The van der Waals surface area contributed by atoms with Gasteiger partial charge in [0.1, 0.15) is 5.75 Å². The average molecular weight is 318 g/mol. The van der Waals surface area contributed by atoms with E-state index in [0.29, 0.717) is 18.7 Å². The summed E-state index contributed by atoms with van der Waals surface area (Å²) < 4.78 is 10.5. The molecule has 6 nitrogen and oxygen atoms in total. The van der Waals surface area contributed by atoms with Gasteiger partial charge < -0.3 is 14.8 Å². The monoisotopic (exact) mass is 318 g/mol. The molecule has 124 valence electrons. The average Bonchev–Trinajstić information content (AvgIpc) is 2.55. The normalized spacial score (nSPS) is 21.4. The molecule has 1 amide bonds. The van der Waals surface area contributed by atoms with Gasteiger partial charge in [-0.05, 0) is 11.6 Å². The number of hydrogen-bond acceptors (Lipinski definition) is 5. The van der Waals surface area contributed by atoms with Crippen LogP contribution >= 0.6 is 0 Å². The molecular formula is C17H22N2O4. The molecular weight excluding hydrogens is 296 g/mol. The Morgan fingerprint density at radius 2 is 2.04 bits per heavy atom. The van der Waals surface area contributed by atoms with E-state index in [4.69, 9.17) is 9.47 Å². The molecule has 1 aromatic rings. The van der Waals surface area contributed by atoms with E-state index in [2.05, 4.69) is 10.2 Å². The van der Waals surface area contributed by atoms with Crippen LogP contribution in [0.25, 0.3) is 0 Å². The number of rotatable bonds is 5. The van der Waals surface area contributed by atoms with E-state index >= 15 is 0 Å². The van der Waals surface area contributed by atoms with Crippen molar-refractivity contribution in [3.8, 4) is 5.75 Å². The number of ether oxygens (including phenoxy) is 2. The van der Waals surface area contributed by atoms with Crippen molar-refractivity contribution in [1.29, 1.82) is 0 Å². The van der Waals surface area contributed by atoms with Crippen LogP contribution in [0, 0.1) is 0 Å². The van der Waals surface area contributed by atoms with Crippen LogP contribution in [-0.2, 0) is 14.3 Å². The molecule has 0 aliphatic carbocycles. The van der Waals surface area contributed by atoms with E-state index in [9.17, 15) is 9.59 Å². The van der Waals surface area contributed by atoms with Crippen LogP contribution in [0.1, 0.15) is 24.3 Å². The Morgan fingerprint density at radius 1 is 1.26 bits per heavy atom. The smallest absolute Gasteiger partial charge is 0.311 e. The predicted octanol–water partition coefficient (Wildman–Crippen LogP) is 0.918. The number of hydrogen-bond donors (Lipinski definition) is 1. The molecule has 0 unspecified atom stereocenters. The van der Waals surface area contributed by atoms with E-state index in [1.54, 1.807) is 6.07 Å². The van der Waals surface area contributed by atoms with Crippen LogP contribution in [0.2, 0.25) is 0 Å².